The van der Waals surface area contributed by atoms with Gasteiger partial charge in [-0.15, -0.1) is 23.5 Å². The molecule has 0 atom stereocenters. The molecule has 0 unspecified atom stereocenters. The lowest BCUT2D eigenvalue weighted by atomic mass is 9.91. The lowest BCUT2D eigenvalue weighted by molar-refractivity contribution is 0.0876. The first kappa shape index (κ1) is 49.0. The van der Waals surface area contributed by atoms with Crippen molar-refractivity contribution in [1.82, 2.24) is 0 Å². The van der Waals surface area contributed by atoms with Gasteiger partial charge in [-0.1, -0.05) is 106 Å². The van der Waals surface area contributed by atoms with E-state index < -0.39 is 11.8 Å². The van der Waals surface area contributed by atoms with E-state index in [1.54, 1.807) is 23.5 Å². The Morgan fingerprint density at radius 2 is 0.878 bits per heavy atom. The third-order valence-electron chi connectivity index (χ3n) is 14.8. The molecule has 2 saturated carbocycles. The minimum atomic E-state index is -0.402. The number of rotatable bonds is 12. The zero-order chi connectivity index (χ0) is 51.0. The summed E-state index contributed by atoms with van der Waals surface area (Å²) in [5.74, 6) is 15.4. The Balaban J connectivity index is 0.959. The van der Waals surface area contributed by atoms with E-state index in [0.717, 1.165) is 106 Å². The standard InChI is InChI=1S/C64H56N2O6S2/c1-5-71-55-32-30-43(41-18-9-10-19-41)37-53(55)65-61(67)49-24-14-22-47-57(49)51(63(65)69)35-45(59(47)73-7-3)28-26-39-16-13-17-40(34-39)27-29-46-36-52-58-48(60(46)74-8-4)23-15-25-50(58)62(68)66(64(52)70)54-38-44(42-20-11-12-21-42)31-33-56(54)72-6-2/h13-17,22-25,30-38,41-42H,5-12,18-21H2,1-4H3. The van der Waals surface area contributed by atoms with Crippen LogP contribution in [0.2, 0.25) is 0 Å². The molecule has 7 aromatic rings. The predicted octanol–water partition coefficient (Wildman–Crippen LogP) is 14.7. The molecule has 7 aromatic carbocycles. The third-order valence-corrected chi connectivity index (χ3v) is 16.8. The van der Waals surface area contributed by atoms with Gasteiger partial charge in [-0.3, -0.25) is 19.2 Å². The van der Waals surface area contributed by atoms with E-state index in [-0.39, 0.29) is 11.8 Å². The zero-order valence-corrected chi connectivity index (χ0v) is 43.8. The van der Waals surface area contributed by atoms with E-state index in [1.807, 2.05) is 111 Å². The highest BCUT2D eigenvalue weighted by molar-refractivity contribution is 7.99. The molecule has 0 aromatic heterocycles. The van der Waals surface area contributed by atoms with Crippen LogP contribution in [0.1, 0.15) is 166 Å². The summed E-state index contributed by atoms with van der Waals surface area (Å²) in [6.07, 6.45) is 8.97. The normalized spacial score (nSPS) is 15.5. The van der Waals surface area contributed by atoms with Crippen molar-refractivity contribution in [2.45, 2.75) is 101 Å². The van der Waals surface area contributed by atoms with E-state index in [0.29, 0.717) is 92.1 Å². The van der Waals surface area contributed by atoms with Gasteiger partial charge in [-0.2, -0.15) is 0 Å². The molecule has 2 fully saturated rings. The van der Waals surface area contributed by atoms with Crippen molar-refractivity contribution in [3.05, 3.63) is 165 Å². The van der Waals surface area contributed by atoms with Crippen molar-refractivity contribution in [1.29, 1.82) is 0 Å². The first-order valence-corrected chi connectivity index (χ1v) is 28.1. The van der Waals surface area contributed by atoms with Gasteiger partial charge in [0.25, 0.3) is 23.6 Å². The van der Waals surface area contributed by atoms with Crippen LogP contribution >= 0.6 is 23.5 Å². The Labute approximate surface area is 441 Å². The molecule has 0 spiro atoms. The predicted molar refractivity (Wildman–Crippen MR) is 299 cm³/mol. The van der Waals surface area contributed by atoms with Gasteiger partial charge < -0.3 is 9.47 Å². The van der Waals surface area contributed by atoms with Crippen molar-refractivity contribution >= 4 is 80.1 Å². The van der Waals surface area contributed by atoms with Crippen LogP contribution in [0, 0.1) is 23.7 Å². The second-order valence-electron chi connectivity index (χ2n) is 19.2. The molecule has 0 radical (unpaired) electrons. The van der Waals surface area contributed by atoms with E-state index in [4.69, 9.17) is 9.47 Å². The van der Waals surface area contributed by atoms with E-state index >= 15 is 0 Å². The summed E-state index contributed by atoms with van der Waals surface area (Å²) in [6.45, 7) is 8.75. The number of hydrogen-bond acceptors (Lipinski definition) is 8. The van der Waals surface area contributed by atoms with Crippen molar-refractivity contribution in [3.8, 4) is 35.2 Å². The number of imide groups is 2. The molecule has 4 amide bonds. The van der Waals surface area contributed by atoms with Crippen molar-refractivity contribution in [2.24, 2.45) is 0 Å². The van der Waals surface area contributed by atoms with Gasteiger partial charge in [0.1, 0.15) is 11.5 Å². The topological polar surface area (TPSA) is 93.2 Å². The summed E-state index contributed by atoms with van der Waals surface area (Å²) >= 11 is 3.28. The fourth-order valence-corrected chi connectivity index (χ4v) is 13.2. The van der Waals surface area contributed by atoms with Crippen LogP contribution in [0.3, 0.4) is 0 Å². The third kappa shape index (κ3) is 8.82. The Morgan fingerprint density at radius 3 is 1.28 bits per heavy atom. The van der Waals surface area contributed by atoms with Gasteiger partial charge in [0.2, 0.25) is 0 Å². The molecule has 0 N–H and O–H groups in total. The SMILES string of the molecule is CCOc1ccc(C2CCCC2)cc1N1C(=O)c2cccc3c(SCC)c(C#Cc4cccc(C#Cc5cc6c7c(cccc7c5SCC)C(=O)N(c5cc(C7CCCC7)ccc5OCC)C6=O)c4)cc(c23)C1=O. The lowest BCUT2D eigenvalue weighted by Crippen LogP contribution is -2.41. The molecule has 10 heteroatoms. The Hall–Kier alpha value is -7.24. The van der Waals surface area contributed by atoms with Crippen LogP contribution in [0.5, 0.6) is 11.5 Å². The largest absolute Gasteiger partial charge is 0.492 e. The molecule has 74 heavy (non-hydrogen) atoms. The number of benzene rings is 7. The summed E-state index contributed by atoms with van der Waals surface area (Å²) in [5, 5.41) is 2.93. The minimum absolute atomic E-state index is 0.366. The fourth-order valence-electron chi connectivity index (χ4n) is 11.5. The number of ether oxygens (including phenoxy) is 2. The fraction of sp³-hybridized carbons (Fsp3) is 0.281. The molecular weight excluding hydrogens is 957 g/mol. The molecule has 2 heterocycles. The molecule has 8 nitrogen and oxygen atoms in total. The minimum Gasteiger partial charge on any atom is -0.492 e. The average Bonchev–Trinajstić information content (AvgIpc) is 4.18. The number of carbonyl (C=O) groups is 4. The molecule has 0 bridgehead atoms. The Bertz CT molecular complexity index is 3370. The van der Waals surface area contributed by atoms with Crippen LogP contribution in [0.15, 0.2) is 119 Å². The van der Waals surface area contributed by atoms with Crippen molar-refractivity contribution in [2.75, 3.05) is 34.5 Å². The number of nitrogens with zero attached hydrogens (tertiary/aromatic N) is 2. The van der Waals surface area contributed by atoms with Gasteiger partial charge in [-0.05, 0) is 152 Å². The second-order valence-corrected chi connectivity index (χ2v) is 21.7. The van der Waals surface area contributed by atoms with Crippen LogP contribution in [-0.2, 0) is 0 Å². The van der Waals surface area contributed by atoms with E-state index in [2.05, 4.69) is 49.7 Å². The van der Waals surface area contributed by atoms with Crippen LogP contribution in [-0.4, -0.2) is 48.3 Å². The van der Waals surface area contributed by atoms with E-state index in [9.17, 15) is 19.2 Å². The smallest absolute Gasteiger partial charge is 0.266 e. The van der Waals surface area contributed by atoms with Crippen LogP contribution in [0.25, 0.3) is 21.5 Å². The number of anilines is 2. The molecule has 370 valence electrons. The number of thioether (sulfide) groups is 2. The molecule has 2 aliphatic heterocycles. The van der Waals surface area contributed by atoms with E-state index in [1.165, 1.54) is 9.80 Å². The maximum atomic E-state index is 14.9. The maximum Gasteiger partial charge on any atom is 0.266 e. The summed E-state index contributed by atoms with van der Waals surface area (Å²) in [6, 6.07) is 34.8. The van der Waals surface area contributed by atoms with Crippen molar-refractivity contribution in [3.63, 3.8) is 0 Å². The summed E-state index contributed by atoms with van der Waals surface area (Å²) in [5.41, 5.74) is 7.83. The summed E-state index contributed by atoms with van der Waals surface area (Å²) in [4.78, 5) is 63.3. The first-order valence-electron chi connectivity index (χ1n) is 26.1. The summed E-state index contributed by atoms with van der Waals surface area (Å²) < 4.78 is 12.1. The number of carbonyl (C=O) groups excluding carboxylic acids is 4. The highest BCUT2D eigenvalue weighted by Crippen LogP contribution is 2.46. The molecule has 4 aliphatic rings. The number of amides is 4. The van der Waals surface area contributed by atoms with Gasteiger partial charge in [0, 0.05) is 53.9 Å². The van der Waals surface area contributed by atoms with Crippen molar-refractivity contribution < 1.29 is 28.7 Å². The van der Waals surface area contributed by atoms with Gasteiger partial charge >= 0.3 is 0 Å². The van der Waals surface area contributed by atoms with Gasteiger partial charge in [0.15, 0.2) is 0 Å². The Morgan fingerprint density at radius 1 is 0.473 bits per heavy atom. The van der Waals surface area contributed by atoms with Gasteiger partial charge in [0.05, 0.1) is 35.7 Å². The molecule has 2 aliphatic carbocycles. The highest BCUT2D eigenvalue weighted by atomic mass is 32.2. The molecule has 0 saturated heterocycles. The zero-order valence-electron chi connectivity index (χ0n) is 42.2. The average molecular weight is 1010 g/mol. The molecular formula is C64H56N2O6S2. The Kier molecular flexibility index (Phi) is 13.9. The molecule has 11 rings (SSSR count). The van der Waals surface area contributed by atoms with Crippen LogP contribution in [0.4, 0.5) is 11.4 Å². The summed E-state index contributed by atoms with van der Waals surface area (Å²) in [7, 11) is 0. The maximum absolute atomic E-state index is 14.9. The lowest BCUT2D eigenvalue weighted by Gasteiger charge is -2.30. The first-order chi connectivity index (χ1) is 36.2. The monoisotopic (exact) mass is 1010 g/mol. The van der Waals surface area contributed by atoms with Crippen LogP contribution < -0.4 is 19.3 Å². The second kappa shape index (κ2) is 20.9. The quantitative estimate of drug-likeness (QED) is 0.0679. The van der Waals surface area contributed by atoms with Gasteiger partial charge in [-0.25, -0.2) is 9.80 Å². The highest BCUT2D eigenvalue weighted by Gasteiger charge is 2.39. The number of hydrogen-bond donors (Lipinski definition) is 0.